The third-order valence-electron chi connectivity index (χ3n) is 4.18. The summed E-state index contributed by atoms with van der Waals surface area (Å²) in [5.41, 5.74) is 2.49. The van der Waals surface area contributed by atoms with Crippen molar-refractivity contribution in [2.45, 2.75) is 58.0 Å². The Balaban J connectivity index is 1.91. The quantitative estimate of drug-likeness (QED) is 0.822. The second-order valence-corrected chi connectivity index (χ2v) is 5.41. The van der Waals surface area contributed by atoms with E-state index in [1.54, 1.807) is 0 Å². The molecule has 0 aliphatic heterocycles. The van der Waals surface area contributed by atoms with Gasteiger partial charge in [0.15, 0.2) is 0 Å². The van der Waals surface area contributed by atoms with Gasteiger partial charge < -0.3 is 5.11 Å². The van der Waals surface area contributed by atoms with Gasteiger partial charge in [0.05, 0.1) is 6.61 Å². The zero-order valence-electron chi connectivity index (χ0n) is 10.9. The Morgan fingerprint density at radius 1 is 1.06 bits per heavy atom. The van der Waals surface area contributed by atoms with Gasteiger partial charge in [0.2, 0.25) is 0 Å². The summed E-state index contributed by atoms with van der Waals surface area (Å²) in [7, 11) is 0. The Bertz CT molecular complexity index is 320. The fourth-order valence-electron chi connectivity index (χ4n) is 3.09. The molecule has 1 aliphatic rings. The molecule has 1 fully saturated rings. The molecular formula is C16H24O. The van der Waals surface area contributed by atoms with Crippen molar-refractivity contribution in [2.24, 2.45) is 5.92 Å². The van der Waals surface area contributed by atoms with Gasteiger partial charge in [-0.25, -0.2) is 0 Å². The summed E-state index contributed by atoms with van der Waals surface area (Å²) in [6.45, 7) is 2.45. The summed E-state index contributed by atoms with van der Waals surface area (Å²) >= 11 is 0. The molecular weight excluding hydrogens is 208 g/mol. The van der Waals surface area contributed by atoms with Crippen molar-refractivity contribution in [3.05, 3.63) is 35.4 Å². The van der Waals surface area contributed by atoms with Crippen LogP contribution in [-0.2, 0) is 6.61 Å². The lowest BCUT2D eigenvalue weighted by Crippen LogP contribution is -2.13. The molecule has 0 amide bonds. The Hall–Kier alpha value is -0.820. The van der Waals surface area contributed by atoms with E-state index in [0.29, 0.717) is 0 Å². The predicted octanol–water partition coefficient (Wildman–Crippen LogP) is 4.25. The number of rotatable bonds is 4. The van der Waals surface area contributed by atoms with Gasteiger partial charge in [-0.3, -0.25) is 0 Å². The lowest BCUT2D eigenvalue weighted by Gasteiger charge is -2.28. The first-order valence-electron chi connectivity index (χ1n) is 7.03. The highest BCUT2D eigenvalue weighted by Gasteiger charge is 2.21. The van der Waals surface area contributed by atoms with Gasteiger partial charge in [0, 0.05) is 0 Å². The molecule has 1 heteroatoms. The maximum absolute atomic E-state index is 9.03. The van der Waals surface area contributed by atoms with Crippen LogP contribution in [0.15, 0.2) is 24.3 Å². The van der Waals surface area contributed by atoms with Gasteiger partial charge in [-0.15, -0.1) is 0 Å². The Morgan fingerprint density at radius 2 is 1.71 bits per heavy atom. The second kappa shape index (κ2) is 6.20. The fraction of sp³-hybridized carbons (Fsp3) is 0.625. The van der Waals surface area contributed by atoms with E-state index in [-0.39, 0.29) is 6.61 Å². The average Bonchev–Trinajstić information content (AvgIpc) is 2.40. The highest BCUT2D eigenvalue weighted by Crippen LogP contribution is 2.37. The van der Waals surface area contributed by atoms with Crippen molar-refractivity contribution < 1.29 is 5.11 Å². The van der Waals surface area contributed by atoms with E-state index < -0.39 is 0 Å². The van der Waals surface area contributed by atoms with Crippen LogP contribution in [0.1, 0.15) is 62.5 Å². The van der Waals surface area contributed by atoms with Gasteiger partial charge in [-0.1, -0.05) is 44.0 Å². The van der Waals surface area contributed by atoms with Crippen LogP contribution in [0, 0.1) is 5.92 Å². The first-order valence-corrected chi connectivity index (χ1v) is 7.03. The maximum Gasteiger partial charge on any atom is 0.0681 e. The minimum absolute atomic E-state index is 0.156. The molecule has 0 atom stereocenters. The summed E-state index contributed by atoms with van der Waals surface area (Å²) in [5, 5.41) is 9.03. The Labute approximate surface area is 105 Å². The molecule has 1 aromatic carbocycles. The van der Waals surface area contributed by atoms with E-state index in [4.69, 9.17) is 5.11 Å². The van der Waals surface area contributed by atoms with Gasteiger partial charge in [-0.05, 0) is 48.6 Å². The summed E-state index contributed by atoms with van der Waals surface area (Å²) in [4.78, 5) is 0. The van der Waals surface area contributed by atoms with Crippen LogP contribution in [-0.4, -0.2) is 5.11 Å². The first kappa shape index (κ1) is 12.6. The Kier molecular flexibility index (Phi) is 4.61. The number of aliphatic hydroxyl groups excluding tert-OH is 1. The number of benzene rings is 1. The van der Waals surface area contributed by atoms with E-state index in [0.717, 1.165) is 17.4 Å². The number of aliphatic hydroxyl groups is 1. The zero-order valence-corrected chi connectivity index (χ0v) is 10.9. The van der Waals surface area contributed by atoms with E-state index in [9.17, 15) is 0 Å². The summed E-state index contributed by atoms with van der Waals surface area (Å²) < 4.78 is 0. The molecule has 0 unspecified atom stereocenters. The topological polar surface area (TPSA) is 20.2 Å². The number of hydrogen-bond acceptors (Lipinski definition) is 1. The van der Waals surface area contributed by atoms with Crippen molar-refractivity contribution in [1.82, 2.24) is 0 Å². The monoisotopic (exact) mass is 232 g/mol. The van der Waals surface area contributed by atoms with E-state index >= 15 is 0 Å². The highest BCUT2D eigenvalue weighted by molar-refractivity contribution is 5.25. The second-order valence-electron chi connectivity index (χ2n) is 5.41. The predicted molar refractivity (Wildman–Crippen MR) is 72.0 cm³/mol. The highest BCUT2D eigenvalue weighted by atomic mass is 16.3. The molecule has 17 heavy (non-hydrogen) atoms. The van der Waals surface area contributed by atoms with Gasteiger partial charge in [0.1, 0.15) is 0 Å². The third-order valence-corrected chi connectivity index (χ3v) is 4.18. The van der Waals surface area contributed by atoms with E-state index in [1.807, 2.05) is 0 Å². The fourth-order valence-corrected chi connectivity index (χ4v) is 3.09. The Morgan fingerprint density at radius 3 is 2.24 bits per heavy atom. The SMILES string of the molecule is CCC[C@H]1CC[C@H](c2ccc(CO)cc2)CC1. The normalized spacial score (nSPS) is 24.8. The van der Waals surface area contributed by atoms with Crippen LogP contribution in [0.25, 0.3) is 0 Å². The van der Waals surface area contributed by atoms with Crippen molar-refractivity contribution in [3.8, 4) is 0 Å². The summed E-state index contributed by atoms with van der Waals surface area (Å²) in [6.07, 6.45) is 8.25. The van der Waals surface area contributed by atoms with Crippen molar-refractivity contribution in [3.63, 3.8) is 0 Å². The minimum Gasteiger partial charge on any atom is -0.392 e. The van der Waals surface area contributed by atoms with Crippen molar-refractivity contribution in [2.75, 3.05) is 0 Å². The lowest BCUT2D eigenvalue weighted by molar-refractivity contribution is 0.281. The van der Waals surface area contributed by atoms with Crippen LogP contribution >= 0.6 is 0 Å². The molecule has 0 spiro atoms. The van der Waals surface area contributed by atoms with Crippen LogP contribution in [0.3, 0.4) is 0 Å². The van der Waals surface area contributed by atoms with Crippen LogP contribution < -0.4 is 0 Å². The van der Waals surface area contributed by atoms with Gasteiger partial charge in [-0.2, -0.15) is 0 Å². The maximum atomic E-state index is 9.03. The van der Waals surface area contributed by atoms with Gasteiger partial charge in [0.25, 0.3) is 0 Å². The minimum atomic E-state index is 0.156. The molecule has 0 aromatic heterocycles. The van der Waals surface area contributed by atoms with Crippen LogP contribution in [0.2, 0.25) is 0 Å². The summed E-state index contributed by atoms with van der Waals surface area (Å²) in [5.74, 6) is 1.74. The molecule has 0 saturated heterocycles. The zero-order chi connectivity index (χ0) is 12.1. The summed E-state index contributed by atoms with van der Waals surface area (Å²) in [6, 6.07) is 8.54. The molecule has 2 rings (SSSR count). The molecule has 1 N–H and O–H groups in total. The van der Waals surface area contributed by atoms with Crippen molar-refractivity contribution >= 4 is 0 Å². The largest absolute Gasteiger partial charge is 0.392 e. The third kappa shape index (κ3) is 3.32. The van der Waals surface area contributed by atoms with E-state index in [2.05, 4.69) is 31.2 Å². The molecule has 1 nitrogen and oxygen atoms in total. The van der Waals surface area contributed by atoms with E-state index in [1.165, 1.54) is 44.1 Å². The lowest BCUT2D eigenvalue weighted by atomic mass is 9.77. The van der Waals surface area contributed by atoms with Gasteiger partial charge >= 0.3 is 0 Å². The molecule has 1 aromatic rings. The average molecular weight is 232 g/mol. The standard InChI is InChI=1S/C16H24O/c1-2-3-13-4-8-15(9-5-13)16-10-6-14(12-17)7-11-16/h6-7,10-11,13,15,17H,2-5,8-9,12H2,1H3/t13-,15-. The van der Waals surface area contributed by atoms with Crippen LogP contribution in [0.4, 0.5) is 0 Å². The molecule has 1 aliphatic carbocycles. The van der Waals surface area contributed by atoms with Crippen molar-refractivity contribution in [1.29, 1.82) is 0 Å². The molecule has 0 heterocycles. The smallest absolute Gasteiger partial charge is 0.0681 e. The molecule has 1 saturated carbocycles. The van der Waals surface area contributed by atoms with Crippen LogP contribution in [0.5, 0.6) is 0 Å². The molecule has 0 bridgehead atoms. The molecule has 0 radical (unpaired) electrons. The number of hydrogen-bond donors (Lipinski definition) is 1. The molecule has 94 valence electrons. The first-order chi connectivity index (χ1) is 8.33.